The van der Waals surface area contributed by atoms with E-state index in [1.54, 1.807) is 25.1 Å². The van der Waals surface area contributed by atoms with Crippen LogP contribution < -0.4 is 4.90 Å². The Morgan fingerprint density at radius 2 is 2.29 bits per heavy atom. The van der Waals surface area contributed by atoms with Crippen molar-refractivity contribution in [2.75, 3.05) is 11.4 Å². The second kappa shape index (κ2) is 5.85. The summed E-state index contributed by atoms with van der Waals surface area (Å²) in [6.45, 7) is 2.25. The van der Waals surface area contributed by atoms with Gasteiger partial charge in [-0.1, -0.05) is 17.3 Å². The summed E-state index contributed by atoms with van der Waals surface area (Å²) in [4.78, 5) is 18.0. The fourth-order valence-corrected chi connectivity index (χ4v) is 3.30. The number of thioether (sulfide) groups is 1. The van der Waals surface area contributed by atoms with Gasteiger partial charge in [0.25, 0.3) is 0 Å². The SMILES string of the molecule is Cc1nc(CSC2CCN(c3ccccc3F)C2=O)no1. The molecule has 2 heterocycles. The summed E-state index contributed by atoms with van der Waals surface area (Å²) in [5, 5.41) is 3.61. The maximum Gasteiger partial charge on any atom is 0.240 e. The Balaban J connectivity index is 1.65. The Kier molecular flexibility index (Phi) is 3.92. The molecule has 0 bridgehead atoms. The predicted octanol–water partition coefficient (Wildman–Crippen LogP) is 2.56. The molecule has 1 aromatic heterocycles. The van der Waals surface area contributed by atoms with E-state index in [9.17, 15) is 9.18 Å². The van der Waals surface area contributed by atoms with Crippen molar-refractivity contribution >= 4 is 23.4 Å². The zero-order valence-electron chi connectivity index (χ0n) is 11.5. The van der Waals surface area contributed by atoms with Crippen molar-refractivity contribution in [1.82, 2.24) is 10.1 Å². The highest BCUT2D eigenvalue weighted by molar-refractivity contribution is 7.99. The summed E-state index contributed by atoms with van der Waals surface area (Å²) in [5.74, 6) is 1.17. The second-order valence-corrected chi connectivity index (χ2v) is 5.95. The molecule has 3 rings (SSSR count). The zero-order chi connectivity index (χ0) is 14.8. The van der Waals surface area contributed by atoms with Gasteiger partial charge < -0.3 is 9.42 Å². The number of nitrogens with zero attached hydrogens (tertiary/aromatic N) is 3. The van der Waals surface area contributed by atoms with Gasteiger partial charge >= 0.3 is 0 Å². The van der Waals surface area contributed by atoms with E-state index in [4.69, 9.17) is 4.52 Å². The Morgan fingerprint density at radius 3 is 3.00 bits per heavy atom. The number of hydrogen-bond acceptors (Lipinski definition) is 5. The fourth-order valence-electron chi connectivity index (χ4n) is 2.29. The molecule has 1 fully saturated rings. The van der Waals surface area contributed by atoms with Crippen LogP contribution in [0.5, 0.6) is 0 Å². The predicted molar refractivity (Wildman–Crippen MR) is 77.5 cm³/mol. The van der Waals surface area contributed by atoms with Crippen LogP contribution in [-0.4, -0.2) is 27.8 Å². The highest BCUT2D eigenvalue weighted by Crippen LogP contribution is 2.31. The Bertz CT molecular complexity index is 661. The minimum atomic E-state index is -0.370. The van der Waals surface area contributed by atoms with Gasteiger partial charge in [-0.05, 0) is 18.6 Å². The van der Waals surface area contributed by atoms with Gasteiger partial charge in [-0.2, -0.15) is 4.98 Å². The van der Waals surface area contributed by atoms with Gasteiger partial charge in [0.15, 0.2) is 5.82 Å². The van der Waals surface area contributed by atoms with Gasteiger partial charge in [0.05, 0.1) is 16.7 Å². The minimum Gasteiger partial charge on any atom is -0.340 e. The number of para-hydroxylation sites is 1. The van der Waals surface area contributed by atoms with Crippen LogP contribution in [0.15, 0.2) is 28.8 Å². The molecule has 1 aliphatic heterocycles. The third-order valence-electron chi connectivity index (χ3n) is 3.28. The lowest BCUT2D eigenvalue weighted by molar-refractivity contribution is -0.116. The first-order valence-corrected chi connectivity index (χ1v) is 7.67. The summed E-state index contributed by atoms with van der Waals surface area (Å²) in [5.41, 5.74) is 0.348. The number of anilines is 1. The summed E-state index contributed by atoms with van der Waals surface area (Å²) in [6, 6.07) is 6.34. The average Bonchev–Trinajstić information content (AvgIpc) is 3.04. The Labute approximate surface area is 125 Å². The third kappa shape index (κ3) is 2.92. The number of carbonyl (C=O) groups is 1. The molecular formula is C14H14FN3O2S. The largest absolute Gasteiger partial charge is 0.340 e. The molecule has 0 aliphatic carbocycles. The molecule has 0 N–H and O–H groups in total. The van der Waals surface area contributed by atoms with Crippen molar-refractivity contribution in [3.05, 3.63) is 41.8 Å². The van der Waals surface area contributed by atoms with Crippen LogP contribution in [-0.2, 0) is 10.5 Å². The number of rotatable bonds is 4. The van der Waals surface area contributed by atoms with Gasteiger partial charge in [-0.25, -0.2) is 4.39 Å². The van der Waals surface area contributed by atoms with Gasteiger partial charge in [0.2, 0.25) is 11.8 Å². The standard InChI is InChI=1S/C14H14FN3O2S/c1-9-16-13(17-20-9)8-21-12-6-7-18(14(12)19)11-5-3-2-4-10(11)15/h2-5,12H,6-8H2,1H3. The van der Waals surface area contributed by atoms with Crippen molar-refractivity contribution in [1.29, 1.82) is 0 Å². The summed E-state index contributed by atoms with van der Waals surface area (Å²) in [6.07, 6.45) is 0.689. The van der Waals surface area contributed by atoms with E-state index in [1.165, 1.54) is 22.7 Å². The topological polar surface area (TPSA) is 59.2 Å². The van der Waals surface area contributed by atoms with Gasteiger partial charge in [0.1, 0.15) is 5.82 Å². The molecule has 1 atom stereocenters. The maximum atomic E-state index is 13.8. The molecule has 110 valence electrons. The molecule has 1 amide bonds. The molecule has 21 heavy (non-hydrogen) atoms. The Hall–Kier alpha value is -1.89. The van der Waals surface area contributed by atoms with Gasteiger partial charge in [0, 0.05) is 13.5 Å². The van der Waals surface area contributed by atoms with Gasteiger partial charge in [-0.3, -0.25) is 4.79 Å². The van der Waals surface area contributed by atoms with Gasteiger partial charge in [-0.15, -0.1) is 11.8 Å². The maximum absolute atomic E-state index is 13.8. The highest BCUT2D eigenvalue weighted by Gasteiger charge is 2.34. The average molecular weight is 307 g/mol. The number of halogens is 1. The lowest BCUT2D eigenvalue weighted by Crippen LogP contribution is -2.28. The number of hydrogen-bond donors (Lipinski definition) is 0. The zero-order valence-corrected chi connectivity index (χ0v) is 12.3. The number of amides is 1. The van der Waals surface area contributed by atoms with Crippen LogP contribution >= 0.6 is 11.8 Å². The van der Waals surface area contributed by atoms with Crippen molar-refractivity contribution in [2.24, 2.45) is 0 Å². The van der Waals surface area contributed by atoms with E-state index in [0.29, 0.717) is 36.1 Å². The van der Waals surface area contributed by atoms with Crippen molar-refractivity contribution in [3.8, 4) is 0 Å². The summed E-state index contributed by atoms with van der Waals surface area (Å²) < 4.78 is 18.7. The first-order chi connectivity index (χ1) is 10.1. The van der Waals surface area contributed by atoms with E-state index in [0.717, 1.165) is 0 Å². The van der Waals surface area contributed by atoms with E-state index < -0.39 is 0 Å². The smallest absolute Gasteiger partial charge is 0.240 e. The summed E-state index contributed by atoms with van der Waals surface area (Å²) >= 11 is 1.46. The molecule has 1 aromatic carbocycles. The first-order valence-electron chi connectivity index (χ1n) is 6.62. The molecule has 1 unspecified atom stereocenters. The molecule has 7 heteroatoms. The number of carbonyl (C=O) groups excluding carboxylic acids is 1. The van der Waals surface area contributed by atoms with Crippen LogP contribution in [0.4, 0.5) is 10.1 Å². The summed E-state index contributed by atoms with van der Waals surface area (Å²) in [7, 11) is 0. The van der Waals surface area contributed by atoms with Crippen LogP contribution in [0.1, 0.15) is 18.1 Å². The van der Waals surface area contributed by atoms with Crippen molar-refractivity contribution in [2.45, 2.75) is 24.3 Å². The molecule has 1 saturated heterocycles. The third-order valence-corrected chi connectivity index (χ3v) is 4.55. The number of aromatic nitrogens is 2. The monoisotopic (exact) mass is 307 g/mol. The molecule has 1 aliphatic rings. The molecular weight excluding hydrogens is 293 g/mol. The minimum absolute atomic E-state index is 0.0645. The van der Waals surface area contributed by atoms with E-state index >= 15 is 0 Å². The highest BCUT2D eigenvalue weighted by atomic mass is 32.2. The van der Waals surface area contributed by atoms with Crippen molar-refractivity contribution < 1.29 is 13.7 Å². The number of aryl methyl sites for hydroxylation is 1. The van der Waals surface area contributed by atoms with Crippen LogP contribution in [0.25, 0.3) is 0 Å². The molecule has 0 radical (unpaired) electrons. The number of benzene rings is 1. The van der Waals surface area contributed by atoms with E-state index in [-0.39, 0.29) is 17.0 Å². The lowest BCUT2D eigenvalue weighted by atomic mass is 10.3. The molecule has 0 saturated carbocycles. The molecule has 2 aromatic rings. The van der Waals surface area contributed by atoms with Crippen LogP contribution in [0.3, 0.4) is 0 Å². The second-order valence-electron chi connectivity index (χ2n) is 4.76. The van der Waals surface area contributed by atoms with Crippen molar-refractivity contribution in [3.63, 3.8) is 0 Å². The fraction of sp³-hybridized carbons (Fsp3) is 0.357. The van der Waals surface area contributed by atoms with E-state index in [1.807, 2.05) is 0 Å². The van der Waals surface area contributed by atoms with Crippen LogP contribution in [0.2, 0.25) is 0 Å². The van der Waals surface area contributed by atoms with Crippen LogP contribution in [0, 0.1) is 12.7 Å². The molecule has 0 spiro atoms. The quantitative estimate of drug-likeness (QED) is 0.869. The molecule has 5 nitrogen and oxygen atoms in total. The Morgan fingerprint density at radius 1 is 1.48 bits per heavy atom. The normalized spacial score (nSPS) is 18.5. The van der Waals surface area contributed by atoms with E-state index in [2.05, 4.69) is 10.1 Å². The lowest BCUT2D eigenvalue weighted by Gasteiger charge is -2.17. The first kappa shape index (κ1) is 14.1.